The number of sulfone groups is 1. The largest absolute Gasteiger partial charge is 0.493 e. The summed E-state index contributed by atoms with van der Waals surface area (Å²) in [7, 11) is -1.22. The summed E-state index contributed by atoms with van der Waals surface area (Å²) in [5.41, 5.74) is 1.05. The fourth-order valence-electron chi connectivity index (χ4n) is 2.32. The van der Waals surface area contributed by atoms with Gasteiger partial charge in [0, 0.05) is 12.6 Å². The second-order valence-corrected chi connectivity index (χ2v) is 7.13. The van der Waals surface area contributed by atoms with Gasteiger partial charge in [-0.15, -0.1) is 0 Å². The van der Waals surface area contributed by atoms with Crippen LogP contribution >= 0.6 is 0 Å². The van der Waals surface area contributed by atoms with E-state index in [1.54, 1.807) is 7.11 Å². The smallest absolute Gasteiger partial charge is 0.161 e. The third-order valence-electron chi connectivity index (χ3n) is 3.36. The van der Waals surface area contributed by atoms with Crippen molar-refractivity contribution in [2.45, 2.75) is 25.9 Å². The van der Waals surface area contributed by atoms with E-state index in [1.165, 1.54) is 0 Å². The summed E-state index contributed by atoms with van der Waals surface area (Å²) in [5, 5.41) is 3.28. The summed E-state index contributed by atoms with van der Waals surface area (Å²) in [5.74, 6) is 1.95. The van der Waals surface area contributed by atoms with Crippen LogP contribution in [0.5, 0.6) is 11.5 Å². The molecular formula is C14H21NO4S. The van der Waals surface area contributed by atoms with Crippen LogP contribution in [0.3, 0.4) is 0 Å². The van der Waals surface area contributed by atoms with E-state index in [4.69, 9.17) is 9.47 Å². The van der Waals surface area contributed by atoms with Crippen LogP contribution in [0.4, 0.5) is 0 Å². The molecule has 1 heterocycles. The Kier molecular flexibility index (Phi) is 4.88. The molecule has 20 heavy (non-hydrogen) atoms. The third kappa shape index (κ3) is 3.86. The molecule has 1 atom stereocenters. The number of hydrogen-bond donors (Lipinski definition) is 1. The first-order chi connectivity index (χ1) is 9.54. The van der Waals surface area contributed by atoms with Gasteiger partial charge in [-0.25, -0.2) is 8.42 Å². The first-order valence-corrected chi connectivity index (χ1v) is 8.59. The van der Waals surface area contributed by atoms with Crippen molar-refractivity contribution in [1.29, 1.82) is 0 Å². The molecule has 1 N–H and O–H groups in total. The zero-order valence-electron chi connectivity index (χ0n) is 11.9. The number of methoxy groups -OCH3 is 1. The standard InChI is InChI=1S/C14H21NO4S/c1-3-19-14-8-11(4-5-13(14)18-2)9-15-12-6-7-20(16,17)10-12/h4-5,8,12,15H,3,6-7,9-10H2,1-2H3. The van der Waals surface area contributed by atoms with E-state index < -0.39 is 9.84 Å². The number of nitrogens with one attached hydrogen (secondary N) is 1. The van der Waals surface area contributed by atoms with E-state index in [-0.39, 0.29) is 17.5 Å². The van der Waals surface area contributed by atoms with Crippen molar-refractivity contribution < 1.29 is 17.9 Å². The maximum absolute atomic E-state index is 11.4. The van der Waals surface area contributed by atoms with Crippen LogP contribution in [0.15, 0.2) is 18.2 Å². The number of benzene rings is 1. The Labute approximate surface area is 120 Å². The minimum absolute atomic E-state index is 0.0534. The molecule has 5 nitrogen and oxygen atoms in total. The summed E-state index contributed by atoms with van der Waals surface area (Å²) in [6.07, 6.45) is 0.691. The van der Waals surface area contributed by atoms with Gasteiger partial charge in [-0.3, -0.25) is 0 Å². The van der Waals surface area contributed by atoms with Gasteiger partial charge in [0.25, 0.3) is 0 Å². The highest BCUT2D eigenvalue weighted by Gasteiger charge is 2.27. The van der Waals surface area contributed by atoms with Gasteiger partial charge < -0.3 is 14.8 Å². The van der Waals surface area contributed by atoms with Crippen LogP contribution in [0.1, 0.15) is 18.9 Å². The van der Waals surface area contributed by atoms with Gasteiger partial charge in [0.15, 0.2) is 21.3 Å². The molecule has 1 aromatic rings. The number of ether oxygens (including phenoxy) is 2. The number of hydrogen-bond acceptors (Lipinski definition) is 5. The lowest BCUT2D eigenvalue weighted by Crippen LogP contribution is -2.29. The molecule has 0 spiro atoms. The Morgan fingerprint density at radius 2 is 2.15 bits per heavy atom. The zero-order chi connectivity index (χ0) is 14.6. The molecule has 1 aromatic carbocycles. The molecule has 0 bridgehead atoms. The highest BCUT2D eigenvalue weighted by atomic mass is 32.2. The molecular weight excluding hydrogens is 278 g/mol. The van der Waals surface area contributed by atoms with Crippen molar-refractivity contribution in [3.63, 3.8) is 0 Å². The molecule has 2 rings (SSSR count). The van der Waals surface area contributed by atoms with Gasteiger partial charge in [0.1, 0.15) is 0 Å². The predicted molar refractivity (Wildman–Crippen MR) is 78.1 cm³/mol. The molecule has 1 fully saturated rings. The van der Waals surface area contributed by atoms with Gasteiger partial charge in [-0.05, 0) is 31.0 Å². The molecule has 1 aliphatic rings. The Bertz CT molecular complexity index is 556. The molecule has 1 aliphatic heterocycles. The van der Waals surface area contributed by atoms with E-state index >= 15 is 0 Å². The number of rotatable bonds is 6. The zero-order valence-corrected chi connectivity index (χ0v) is 12.7. The first kappa shape index (κ1) is 15.1. The topological polar surface area (TPSA) is 64.6 Å². The Morgan fingerprint density at radius 3 is 2.75 bits per heavy atom. The summed E-state index contributed by atoms with van der Waals surface area (Å²) in [4.78, 5) is 0. The SMILES string of the molecule is CCOc1cc(CNC2CCS(=O)(=O)C2)ccc1OC. The maximum Gasteiger partial charge on any atom is 0.161 e. The molecule has 1 saturated heterocycles. The fraction of sp³-hybridized carbons (Fsp3) is 0.571. The van der Waals surface area contributed by atoms with E-state index in [9.17, 15) is 8.42 Å². The van der Waals surface area contributed by atoms with E-state index in [1.807, 2.05) is 25.1 Å². The van der Waals surface area contributed by atoms with Gasteiger partial charge in [0.05, 0.1) is 25.2 Å². The van der Waals surface area contributed by atoms with Crippen LogP contribution < -0.4 is 14.8 Å². The Morgan fingerprint density at radius 1 is 1.35 bits per heavy atom. The normalized spacial score (nSPS) is 20.8. The minimum Gasteiger partial charge on any atom is -0.493 e. The fourth-order valence-corrected chi connectivity index (χ4v) is 4.03. The lowest BCUT2D eigenvalue weighted by atomic mass is 10.1. The quantitative estimate of drug-likeness (QED) is 0.859. The highest BCUT2D eigenvalue weighted by Crippen LogP contribution is 2.28. The van der Waals surface area contributed by atoms with Crippen molar-refractivity contribution in [2.75, 3.05) is 25.2 Å². The Balaban J connectivity index is 1.98. The summed E-state index contributed by atoms with van der Waals surface area (Å²) < 4.78 is 33.6. The van der Waals surface area contributed by atoms with Crippen molar-refractivity contribution in [2.24, 2.45) is 0 Å². The van der Waals surface area contributed by atoms with Crippen molar-refractivity contribution in [3.05, 3.63) is 23.8 Å². The predicted octanol–water partition coefficient (Wildman–Crippen LogP) is 1.37. The van der Waals surface area contributed by atoms with Crippen molar-refractivity contribution in [1.82, 2.24) is 5.32 Å². The van der Waals surface area contributed by atoms with Gasteiger partial charge >= 0.3 is 0 Å². The molecule has 0 aromatic heterocycles. The maximum atomic E-state index is 11.4. The van der Waals surface area contributed by atoms with Crippen LogP contribution in [0.2, 0.25) is 0 Å². The molecule has 0 amide bonds. The molecule has 6 heteroatoms. The van der Waals surface area contributed by atoms with Gasteiger partial charge in [0.2, 0.25) is 0 Å². The van der Waals surface area contributed by atoms with Crippen LogP contribution in [-0.4, -0.2) is 39.7 Å². The second kappa shape index (κ2) is 6.45. The lowest BCUT2D eigenvalue weighted by molar-refractivity contribution is 0.310. The first-order valence-electron chi connectivity index (χ1n) is 6.77. The third-order valence-corrected chi connectivity index (χ3v) is 5.12. The van der Waals surface area contributed by atoms with Crippen LogP contribution in [0, 0.1) is 0 Å². The van der Waals surface area contributed by atoms with Crippen molar-refractivity contribution >= 4 is 9.84 Å². The van der Waals surface area contributed by atoms with Crippen LogP contribution in [-0.2, 0) is 16.4 Å². The average Bonchev–Trinajstić information content (AvgIpc) is 2.77. The summed E-state index contributed by atoms with van der Waals surface area (Å²) >= 11 is 0. The average molecular weight is 299 g/mol. The molecule has 1 unspecified atom stereocenters. The lowest BCUT2D eigenvalue weighted by Gasteiger charge is -2.13. The minimum atomic E-state index is -2.83. The van der Waals surface area contributed by atoms with Crippen LogP contribution in [0.25, 0.3) is 0 Å². The van der Waals surface area contributed by atoms with E-state index in [0.717, 1.165) is 5.56 Å². The summed E-state index contributed by atoms with van der Waals surface area (Å²) in [6, 6.07) is 5.81. The van der Waals surface area contributed by atoms with E-state index in [0.29, 0.717) is 31.1 Å². The Hall–Kier alpha value is -1.27. The highest BCUT2D eigenvalue weighted by molar-refractivity contribution is 7.91. The molecule has 0 radical (unpaired) electrons. The van der Waals surface area contributed by atoms with Gasteiger partial charge in [-0.1, -0.05) is 6.07 Å². The van der Waals surface area contributed by atoms with Crippen molar-refractivity contribution in [3.8, 4) is 11.5 Å². The van der Waals surface area contributed by atoms with Gasteiger partial charge in [-0.2, -0.15) is 0 Å². The van der Waals surface area contributed by atoms with E-state index in [2.05, 4.69) is 5.32 Å². The molecule has 0 saturated carbocycles. The monoisotopic (exact) mass is 299 g/mol. The second-order valence-electron chi connectivity index (χ2n) is 4.90. The summed E-state index contributed by atoms with van der Waals surface area (Å²) in [6.45, 7) is 3.13. The molecule has 112 valence electrons. The molecule has 0 aliphatic carbocycles.